The minimum Gasteiger partial charge on any atom is -0.327 e. The van der Waals surface area contributed by atoms with Crippen molar-refractivity contribution in [3.8, 4) is 0 Å². The van der Waals surface area contributed by atoms with Gasteiger partial charge in [0.1, 0.15) is 0 Å². The first kappa shape index (κ1) is 12.9. The van der Waals surface area contributed by atoms with Crippen LogP contribution >= 0.6 is 0 Å². The Morgan fingerprint density at radius 1 is 1.23 bits per heavy atom. The van der Waals surface area contributed by atoms with Crippen LogP contribution in [0.2, 0.25) is 0 Å². The summed E-state index contributed by atoms with van der Waals surface area (Å²) in [7, 11) is 0. The number of hydrogen-bond donors (Lipinski definition) is 2. The molecule has 0 spiro atoms. The van der Waals surface area contributed by atoms with Gasteiger partial charge in [0.15, 0.2) is 0 Å². The number of hydrogen-bond acceptors (Lipinski definition) is 3. The molecule has 0 aromatic heterocycles. The fourth-order valence-corrected chi connectivity index (χ4v) is 1.32. The lowest BCUT2D eigenvalue weighted by atomic mass is 10.2. The number of rotatable bonds is 7. The van der Waals surface area contributed by atoms with Crippen molar-refractivity contribution in [3.63, 3.8) is 0 Å². The highest BCUT2D eigenvalue weighted by Gasteiger charge is 2.06. The quantitative estimate of drug-likeness (QED) is 0.615. The fraction of sp³-hybridized carbons (Fsp3) is 1.00. The highest BCUT2D eigenvalue weighted by Crippen LogP contribution is 1.91. The molecule has 2 unspecified atom stereocenters. The molecule has 3 N–H and O–H groups in total. The molecule has 13 heavy (non-hydrogen) atoms. The fourth-order valence-electron chi connectivity index (χ4n) is 1.32. The molecule has 0 aromatic rings. The third-order valence-corrected chi connectivity index (χ3v) is 2.21. The normalized spacial score (nSPS) is 16.2. The standard InChI is InChI=1S/C10H25N3/c1-5-13(6-2)8-10(4)12-7-9(3)11/h9-10,12H,5-8,11H2,1-4H3. The van der Waals surface area contributed by atoms with Crippen LogP contribution in [0.1, 0.15) is 27.7 Å². The largest absolute Gasteiger partial charge is 0.327 e. The van der Waals surface area contributed by atoms with Gasteiger partial charge in [0, 0.05) is 25.2 Å². The zero-order chi connectivity index (χ0) is 10.3. The van der Waals surface area contributed by atoms with Gasteiger partial charge in [-0.1, -0.05) is 13.8 Å². The lowest BCUT2D eigenvalue weighted by molar-refractivity contribution is 0.270. The van der Waals surface area contributed by atoms with Crippen LogP contribution in [0.15, 0.2) is 0 Å². The summed E-state index contributed by atoms with van der Waals surface area (Å²) in [4.78, 5) is 2.42. The molecule has 0 amide bonds. The Bertz CT molecular complexity index is 111. The van der Waals surface area contributed by atoms with Crippen molar-refractivity contribution >= 4 is 0 Å². The van der Waals surface area contributed by atoms with Crippen molar-refractivity contribution in [2.75, 3.05) is 26.2 Å². The van der Waals surface area contributed by atoms with Crippen molar-refractivity contribution < 1.29 is 0 Å². The Kier molecular flexibility index (Phi) is 7.23. The molecule has 0 aliphatic carbocycles. The summed E-state index contributed by atoms with van der Waals surface area (Å²) in [6.45, 7) is 12.9. The minimum absolute atomic E-state index is 0.249. The monoisotopic (exact) mass is 187 g/mol. The summed E-state index contributed by atoms with van der Waals surface area (Å²) in [6.07, 6.45) is 0. The number of likely N-dealkylation sites (N-methyl/N-ethyl adjacent to an activating group) is 1. The first-order valence-electron chi connectivity index (χ1n) is 5.31. The molecule has 0 fully saturated rings. The van der Waals surface area contributed by atoms with Gasteiger partial charge in [-0.15, -0.1) is 0 Å². The summed E-state index contributed by atoms with van der Waals surface area (Å²) in [6, 6.07) is 0.782. The van der Waals surface area contributed by atoms with Gasteiger partial charge < -0.3 is 16.0 Å². The molecule has 0 radical (unpaired) electrons. The molecule has 0 aromatic carbocycles. The summed E-state index contributed by atoms with van der Waals surface area (Å²) >= 11 is 0. The second kappa shape index (κ2) is 7.30. The first-order chi connectivity index (χ1) is 6.10. The van der Waals surface area contributed by atoms with Crippen LogP contribution in [-0.2, 0) is 0 Å². The van der Waals surface area contributed by atoms with E-state index in [1.165, 1.54) is 0 Å². The molecule has 0 aliphatic heterocycles. The molecule has 3 heteroatoms. The van der Waals surface area contributed by atoms with Crippen LogP contribution in [0, 0.1) is 0 Å². The molecule has 0 aliphatic rings. The zero-order valence-corrected chi connectivity index (χ0v) is 9.51. The highest BCUT2D eigenvalue weighted by atomic mass is 15.1. The third-order valence-electron chi connectivity index (χ3n) is 2.21. The topological polar surface area (TPSA) is 41.3 Å². The number of nitrogens with one attached hydrogen (secondary N) is 1. The lowest BCUT2D eigenvalue weighted by Gasteiger charge is -2.24. The van der Waals surface area contributed by atoms with E-state index in [1.807, 2.05) is 6.92 Å². The average molecular weight is 187 g/mol. The molecule has 3 nitrogen and oxygen atoms in total. The zero-order valence-electron chi connectivity index (χ0n) is 9.51. The van der Waals surface area contributed by atoms with Gasteiger partial charge in [-0.2, -0.15) is 0 Å². The smallest absolute Gasteiger partial charge is 0.0167 e. The maximum absolute atomic E-state index is 5.66. The van der Waals surface area contributed by atoms with E-state index in [0.29, 0.717) is 6.04 Å². The maximum atomic E-state index is 5.66. The summed E-state index contributed by atoms with van der Waals surface area (Å²) < 4.78 is 0. The Morgan fingerprint density at radius 3 is 2.15 bits per heavy atom. The van der Waals surface area contributed by atoms with Crippen LogP contribution < -0.4 is 11.1 Å². The van der Waals surface area contributed by atoms with Gasteiger partial charge in [0.25, 0.3) is 0 Å². The predicted molar refractivity (Wildman–Crippen MR) is 58.9 cm³/mol. The summed E-state index contributed by atoms with van der Waals surface area (Å²) in [5.74, 6) is 0. The molecular formula is C10H25N3. The van der Waals surface area contributed by atoms with E-state index in [2.05, 4.69) is 31.0 Å². The van der Waals surface area contributed by atoms with Gasteiger partial charge >= 0.3 is 0 Å². The first-order valence-corrected chi connectivity index (χ1v) is 5.31. The van der Waals surface area contributed by atoms with E-state index in [9.17, 15) is 0 Å². The van der Waals surface area contributed by atoms with Crippen molar-refractivity contribution in [1.29, 1.82) is 0 Å². The van der Waals surface area contributed by atoms with E-state index < -0.39 is 0 Å². The third kappa shape index (κ3) is 6.99. The van der Waals surface area contributed by atoms with Crippen molar-refractivity contribution in [2.24, 2.45) is 5.73 Å². The van der Waals surface area contributed by atoms with Crippen LogP contribution in [0.5, 0.6) is 0 Å². The maximum Gasteiger partial charge on any atom is 0.0167 e. The van der Waals surface area contributed by atoms with Crippen molar-refractivity contribution in [2.45, 2.75) is 39.8 Å². The van der Waals surface area contributed by atoms with E-state index in [4.69, 9.17) is 5.73 Å². The number of nitrogens with two attached hydrogens (primary N) is 1. The molecule has 0 saturated carbocycles. The van der Waals surface area contributed by atoms with Gasteiger partial charge in [0.05, 0.1) is 0 Å². The molecular weight excluding hydrogens is 162 g/mol. The van der Waals surface area contributed by atoms with Gasteiger partial charge in [-0.05, 0) is 26.9 Å². The molecule has 2 atom stereocenters. The van der Waals surface area contributed by atoms with Crippen molar-refractivity contribution in [3.05, 3.63) is 0 Å². The van der Waals surface area contributed by atoms with Crippen LogP contribution in [-0.4, -0.2) is 43.2 Å². The average Bonchev–Trinajstić information content (AvgIpc) is 2.10. The van der Waals surface area contributed by atoms with E-state index >= 15 is 0 Å². The van der Waals surface area contributed by atoms with Crippen LogP contribution in [0.3, 0.4) is 0 Å². The molecule has 0 bridgehead atoms. The molecule has 0 saturated heterocycles. The van der Waals surface area contributed by atoms with Gasteiger partial charge in [-0.3, -0.25) is 0 Å². The van der Waals surface area contributed by atoms with E-state index in [1.54, 1.807) is 0 Å². The SMILES string of the molecule is CCN(CC)CC(C)NCC(C)N. The molecule has 80 valence electrons. The van der Waals surface area contributed by atoms with E-state index in [-0.39, 0.29) is 6.04 Å². The second-order valence-electron chi connectivity index (χ2n) is 3.77. The second-order valence-corrected chi connectivity index (χ2v) is 3.77. The van der Waals surface area contributed by atoms with Gasteiger partial charge in [-0.25, -0.2) is 0 Å². The lowest BCUT2D eigenvalue weighted by Crippen LogP contribution is -2.43. The Balaban J connectivity index is 3.53. The summed E-state index contributed by atoms with van der Waals surface area (Å²) in [5, 5.41) is 3.41. The minimum atomic E-state index is 0.249. The molecule has 0 rings (SSSR count). The highest BCUT2D eigenvalue weighted by molar-refractivity contribution is 4.68. The predicted octanol–water partition coefficient (Wildman–Crippen LogP) is 0.654. The van der Waals surface area contributed by atoms with Crippen LogP contribution in [0.25, 0.3) is 0 Å². The molecule has 0 heterocycles. The van der Waals surface area contributed by atoms with E-state index in [0.717, 1.165) is 26.2 Å². The van der Waals surface area contributed by atoms with Crippen molar-refractivity contribution in [1.82, 2.24) is 10.2 Å². The van der Waals surface area contributed by atoms with Crippen LogP contribution in [0.4, 0.5) is 0 Å². The summed E-state index contributed by atoms with van der Waals surface area (Å²) in [5.41, 5.74) is 5.66. The van der Waals surface area contributed by atoms with Gasteiger partial charge in [0.2, 0.25) is 0 Å². The number of nitrogens with zero attached hydrogens (tertiary/aromatic N) is 1. The Hall–Kier alpha value is -0.120. The Labute approximate surface area is 82.7 Å². The Morgan fingerprint density at radius 2 is 1.77 bits per heavy atom.